The molecule has 2 unspecified atom stereocenters. The van der Waals surface area contributed by atoms with E-state index in [9.17, 15) is 0 Å². The van der Waals surface area contributed by atoms with E-state index in [0.717, 1.165) is 17.0 Å². The molecule has 2 atom stereocenters. The van der Waals surface area contributed by atoms with Crippen LogP contribution in [0.4, 0.5) is 0 Å². The quantitative estimate of drug-likeness (QED) is 0.496. The summed E-state index contributed by atoms with van der Waals surface area (Å²) < 4.78 is 0. The first-order valence-electron chi connectivity index (χ1n) is 3.90. The van der Waals surface area contributed by atoms with E-state index in [2.05, 4.69) is 27.7 Å². The van der Waals surface area contributed by atoms with Crippen LogP contribution >= 0.6 is 7.92 Å². The highest BCUT2D eigenvalue weighted by molar-refractivity contribution is 7.61. The van der Waals surface area contributed by atoms with Gasteiger partial charge in [-0.25, -0.2) is 0 Å². The van der Waals surface area contributed by atoms with E-state index < -0.39 is 0 Å². The molecule has 0 aromatic heterocycles. The summed E-state index contributed by atoms with van der Waals surface area (Å²) in [6, 6.07) is 0. The molecule has 54 valence electrons. The van der Waals surface area contributed by atoms with Crippen LogP contribution in [0.25, 0.3) is 0 Å². The van der Waals surface area contributed by atoms with Crippen LogP contribution in [0.1, 0.15) is 34.1 Å². The van der Waals surface area contributed by atoms with Crippen LogP contribution in [0.5, 0.6) is 0 Å². The lowest BCUT2D eigenvalue weighted by molar-refractivity contribution is 0.691. The fourth-order valence-corrected chi connectivity index (χ4v) is 5.68. The van der Waals surface area contributed by atoms with Crippen molar-refractivity contribution >= 4 is 7.92 Å². The predicted octanol–water partition coefficient (Wildman–Crippen LogP) is 3.06. The molecule has 0 amide bonds. The summed E-state index contributed by atoms with van der Waals surface area (Å²) in [5.41, 5.74) is 3.10. The zero-order valence-electron chi connectivity index (χ0n) is 6.89. The molecule has 1 rings (SSSR count). The first-order chi connectivity index (χ1) is 4.13. The summed E-state index contributed by atoms with van der Waals surface area (Å²) in [4.78, 5) is 0. The molecule has 1 heterocycles. The summed E-state index contributed by atoms with van der Waals surface area (Å²) in [7, 11) is 0.421. The molecular weight excluding hydrogens is 127 g/mol. The summed E-state index contributed by atoms with van der Waals surface area (Å²) in [5.74, 6) is 0. The molecule has 1 fully saturated rings. The van der Waals surface area contributed by atoms with E-state index in [0.29, 0.717) is 7.92 Å². The largest absolute Gasteiger partial charge is 0.0982 e. The number of hydrogen-bond donors (Lipinski definition) is 0. The fourth-order valence-electron chi connectivity index (χ4n) is 2.05. The van der Waals surface area contributed by atoms with Crippen molar-refractivity contribution in [2.45, 2.75) is 51.1 Å². The maximum atomic E-state index is 2.41. The number of hydrogen-bond acceptors (Lipinski definition) is 0. The molecule has 1 heteroatoms. The highest BCUT2D eigenvalue weighted by Crippen LogP contribution is 2.61. The van der Waals surface area contributed by atoms with E-state index in [1.165, 1.54) is 6.42 Å². The normalized spacial score (nSPS) is 43.0. The molecule has 1 aliphatic heterocycles. The van der Waals surface area contributed by atoms with Crippen LogP contribution in [-0.4, -0.2) is 17.0 Å². The minimum atomic E-state index is 0.421. The van der Waals surface area contributed by atoms with Gasteiger partial charge in [-0.05, 0) is 23.4 Å². The van der Waals surface area contributed by atoms with Crippen LogP contribution in [0.15, 0.2) is 0 Å². The summed E-state index contributed by atoms with van der Waals surface area (Å²) in [6.45, 7) is 9.56. The van der Waals surface area contributed by atoms with Gasteiger partial charge in [0.15, 0.2) is 0 Å². The van der Waals surface area contributed by atoms with Crippen LogP contribution in [0.3, 0.4) is 0 Å². The van der Waals surface area contributed by atoms with Gasteiger partial charge in [0.2, 0.25) is 0 Å². The Morgan fingerprint density at radius 2 is 1.67 bits per heavy atom. The zero-order chi connectivity index (χ0) is 7.02. The van der Waals surface area contributed by atoms with Crippen molar-refractivity contribution in [3.05, 3.63) is 0 Å². The van der Waals surface area contributed by atoms with Crippen molar-refractivity contribution in [3.63, 3.8) is 0 Å². The van der Waals surface area contributed by atoms with Crippen molar-refractivity contribution < 1.29 is 0 Å². The minimum absolute atomic E-state index is 0.421. The molecule has 0 nitrogen and oxygen atoms in total. The number of rotatable bonds is 1. The fraction of sp³-hybridized carbons (Fsp3) is 1.00. The van der Waals surface area contributed by atoms with Gasteiger partial charge in [0, 0.05) is 0 Å². The van der Waals surface area contributed by atoms with E-state index in [4.69, 9.17) is 0 Å². The Labute approximate surface area is 59.8 Å². The van der Waals surface area contributed by atoms with Crippen molar-refractivity contribution in [3.8, 4) is 0 Å². The third kappa shape index (κ3) is 1.29. The van der Waals surface area contributed by atoms with Crippen LogP contribution in [0.2, 0.25) is 0 Å². The first-order valence-corrected chi connectivity index (χ1v) is 5.45. The predicted molar refractivity (Wildman–Crippen MR) is 45.6 cm³/mol. The highest BCUT2D eigenvalue weighted by Gasteiger charge is 2.35. The Hall–Kier alpha value is 0.430. The van der Waals surface area contributed by atoms with Gasteiger partial charge in [-0.2, -0.15) is 0 Å². The molecule has 1 saturated heterocycles. The summed E-state index contributed by atoms with van der Waals surface area (Å²) in [6.07, 6.45) is 1.49. The van der Waals surface area contributed by atoms with Gasteiger partial charge in [-0.1, -0.05) is 35.6 Å². The van der Waals surface area contributed by atoms with Gasteiger partial charge in [0.1, 0.15) is 0 Å². The van der Waals surface area contributed by atoms with Gasteiger partial charge in [0.25, 0.3) is 0 Å². The maximum Gasteiger partial charge on any atom is -0.0227 e. The van der Waals surface area contributed by atoms with Gasteiger partial charge in [-0.15, -0.1) is 0 Å². The summed E-state index contributed by atoms with van der Waals surface area (Å²) >= 11 is 0. The van der Waals surface area contributed by atoms with Crippen LogP contribution < -0.4 is 0 Å². The molecule has 0 saturated carbocycles. The van der Waals surface area contributed by atoms with Crippen molar-refractivity contribution in [1.82, 2.24) is 0 Å². The highest BCUT2D eigenvalue weighted by atomic mass is 31.1. The molecule has 9 heavy (non-hydrogen) atoms. The van der Waals surface area contributed by atoms with E-state index in [1.807, 2.05) is 0 Å². The monoisotopic (exact) mass is 144 g/mol. The first kappa shape index (κ1) is 7.54. The van der Waals surface area contributed by atoms with Gasteiger partial charge >= 0.3 is 0 Å². The second-order valence-corrected chi connectivity index (χ2v) is 7.17. The third-order valence-corrected chi connectivity index (χ3v) is 5.95. The average Bonchev–Trinajstić information content (AvgIpc) is 1.62. The van der Waals surface area contributed by atoms with Crippen molar-refractivity contribution in [2.24, 2.45) is 0 Å². The second-order valence-electron chi connectivity index (χ2n) is 3.47. The lowest BCUT2D eigenvalue weighted by atomic mass is 10.2. The second kappa shape index (κ2) is 2.58. The minimum Gasteiger partial charge on any atom is -0.0982 e. The van der Waals surface area contributed by atoms with Crippen molar-refractivity contribution in [1.29, 1.82) is 0 Å². The van der Waals surface area contributed by atoms with E-state index >= 15 is 0 Å². The smallest absolute Gasteiger partial charge is 0.0227 e. The molecule has 0 radical (unpaired) electrons. The van der Waals surface area contributed by atoms with Gasteiger partial charge < -0.3 is 0 Å². The molecular formula is C8H17P. The molecule has 0 aliphatic carbocycles. The van der Waals surface area contributed by atoms with Crippen LogP contribution in [0, 0.1) is 0 Å². The average molecular weight is 144 g/mol. The molecule has 1 aliphatic rings. The molecule has 0 aromatic carbocycles. The van der Waals surface area contributed by atoms with Crippen molar-refractivity contribution in [2.75, 3.05) is 0 Å². The SMILES string of the molecule is CC(C)P1C(C)CC1C. The Kier molecular flexibility index (Phi) is 2.16. The lowest BCUT2D eigenvalue weighted by Gasteiger charge is -2.44. The topological polar surface area (TPSA) is 0 Å². The van der Waals surface area contributed by atoms with Gasteiger partial charge in [-0.3, -0.25) is 0 Å². The molecule has 0 N–H and O–H groups in total. The zero-order valence-corrected chi connectivity index (χ0v) is 7.78. The Bertz CT molecular complexity index is 84.0. The summed E-state index contributed by atoms with van der Waals surface area (Å²) in [5, 5.41) is 0. The lowest BCUT2D eigenvalue weighted by Crippen LogP contribution is -2.29. The maximum absolute atomic E-state index is 2.41. The Morgan fingerprint density at radius 3 is 1.78 bits per heavy atom. The Balaban J connectivity index is 2.39. The third-order valence-electron chi connectivity index (χ3n) is 2.30. The standard InChI is InChI=1S/C8H17P/c1-6(2)9-7(3)5-8(9)4/h6-8H,5H2,1-4H3. The Morgan fingerprint density at radius 1 is 1.22 bits per heavy atom. The van der Waals surface area contributed by atoms with E-state index in [1.54, 1.807) is 0 Å². The van der Waals surface area contributed by atoms with Gasteiger partial charge in [0.05, 0.1) is 0 Å². The molecule has 0 spiro atoms. The molecule has 0 aromatic rings. The van der Waals surface area contributed by atoms with Crippen LogP contribution in [-0.2, 0) is 0 Å². The van der Waals surface area contributed by atoms with E-state index in [-0.39, 0.29) is 0 Å². The molecule has 0 bridgehead atoms.